The topological polar surface area (TPSA) is 32.8 Å². The van der Waals surface area contributed by atoms with Crippen molar-refractivity contribution >= 4 is 10.8 Å². The number of fused-ring (bicyclic) bond motifs is 6. The molecule has 0 bridgehead atoms. The summed E-state index contributed by atoms with van der Waals surface area (Å²) in [6, 6.07) is 10.3. The molecule has 1 aliphatic heterocycles. The van der Waals surface area contributed by atoms with Gasteiger partial charge in [-0.3, -0.25) is 0 Å². The van der Waals surface area contributed by atoms with Crippen molar-refractivity contribution in [1.82, 2.24) is 0 Å². The predicted molar refractivity (Wildman–Crippen MR) is 82.7 cm³/mol. The molecule has 0 radical (unpaired) electrons. The largest absolute Gasteiger partial charge is 0.508 e. The minimum absolute atomic E-state index is 0.194. The summed E-state index contributed by atoms with van der Waals surface area (Å²) >= 11 is 0. The monoisotopic (exact) mass is 280 g/mol. The molecule has 1 N–H and O–H groups in total. The van der Waals surface area contributed by atoms with Gasteiger partial charge in [0.1, 0.15) is 5.75 Å². The minimum Gasteiger partial charge on any atom is -0.508 e. The molecule has 3 atom stereocenters. The fourth-order valence-electron chi connectivity index (χ4n) is 5.15. The molecule has 1 heterocycles. The fraction of sp³-hybridized carbons (Fsp3) is 0.474. The SMILES string of the molecule is C[C@]12CCc3c(ccc4cc(O)ccc34)[C@H]1CCC21CO1. The first kappa shape index (κ1) is 12.0. The van der Waals surface area contributed by atoms with Crippen molar-refractivity contribution in [2.75, 3.05) is 6.61 Å². The molecule has 21 heavy (non-hydrogen) atoms. The second-order valence-electron chi connectivity index (χ2n) is 7.33. The van der Waals surface area contributed by atoms with Crippen LogP contribution in [-0.2, 0) is 11.2 Å². The molecular weight excluding hydrogens is 260 g/mol. The summed E-state index contributed by atoms with van der Waals surface area (Å²) in [5, 5.41) is 12.2. The van der Waals surface area contributed by atoms with Crippen LogP contribution >= 0.6 is 0 Å². The Morgan fingerprint density at radius 1 is 1.19 bits per heavy atom. The van der Waals surface area contributed by atoms with Gasteiger partial charge in [0, 0.05) is 5.41 Å². The first-order valence-electron chi connectivity index (χ1n) is 8.01. The van der Waals surface area contributed by atoms with Crippen LogP contribution in [0.3, 0.4) is 0 Å². The molecule has 108 valence electrons. The number of ether oxygens (including phenoxy) is 1. The molecule has 2 fully saturated rings. The highest BCUT2D eigenvalue weighted by Crippen LogP contribution is 2.66. The molecule has 2 aliphatic carbocycles. The van der Waals surface area contributed by atoms with Crippen LogP contribution in [0.25, 0.3) is 10.8 Å². The van der Waals surface area contributed by atoms with E-state index in [1.54, 1.807) is 0 Å². The highest BCUT2D eigenvalue weighted by Gasteiger charge is 2.66. The lowest BCUT2D eigenvalue weighted by Crippen LogP contribution is -2.37. The molecule has 5 rings (SSSR count). The van der Waals surface area contributed by atoms with Crippen LogP contribution in [0.1, 0.15) is 43.2 Å². The van der Waals surface area contributed by atoms with Crippen LogP contribution in [0, 0.1) is 5.41 Å². The molecule has 2 heteroatoms. The van der Waals surface area contributed by atoms with Gasteiger partial charge in [0.15, 0.2) is 0 Å². The Bertz CT molecular complexity index is 759. The van der Waals surface area contributed by atoms with E-state index in [1.807, 2.05) is 12.1 Å². The number of epoxide rings is 1. The fourth-order valence-corrected chi connectivity index (χ4v) is 5.15. The van der Waals surface area contributed by atoms with Crippen molar-refractivity contribution in [2.24, 2.45) is 5.41 Å². The van der Waals surface area contributed by atoms with Crippen LogP contribution < -0.4 is 0 Å². The van der Waals surface area contributed by atoms with Gasteiger partial charge in [-0.1, -0.05) is 25.1 Å². The van der Waals surface area contributed by atoms with Gasteiger partial charge in [-0.25, -0.2) is 0 Å². The average Bonchev–Trinajstić information content (AvgIpc) is 3.20. The maximum absolute atomic E-state index is 9.69. The Kier molecular flexibility index (Phi) is 2.07. The van der Waals surface area contributed by atoms with E-state index >= 15 is 0 Å². The average molecular weight is 280 g/mol. The van der Waals surface area contributed by atoms with Crippen LogP contribution in [0.2, 0.25) is 0 Å². The Hall–Kier alpha value is -1.54. The molecule has 1 spiro atoms. The summed E-state index contributed by atoms with van der Waals surface area (Å²) < 4.78 is 5.91. The summed E-state index contributed by atoms with van der Waals surface area (Å²) in [5.41, 5.74) is 3.56. The Morgan fingerprint density at radius 3 is 2.86 bits per heavy atom. The Morgan fingerprint density at radius 2 is 2.05 bits per heavy atom. The quantitative estimate of drug-likeness (QED) is 0.735. The number of aryl methyl sites for hydroxylation is 1. The van der Waals surface area contributed by atoms with Gasteiger partial charge < -0.3 is 9.84 Å². The smallest absolute Gasteiger partial charge is 0.116 e. The number of phenolic OH excluding ortho intramolecular Hbond substituents is 1. The van der Waals surface area contributed by atoms with Crippen molar-refractivity contribution in [2.45, 2.75) is 44.1 Å². The zero-order valence-electron chi connectivity index (χ0n) is 12.4. The van der Waals surface area contributed by atoms with Gasteiger partial charge in [-0.15, -0.1) is 0 Å². The molecule has 2 nitrogen and oxygen atoms in total. The lowest BCUT2D eigenvalue weighted by atomic mass is 9.63. The number of phenols is 1. The van der Waals surface area contributed by atoms with Gasteiger partial charge in [-0.2, -0.15) is 0 Å². The summed E-state index contributed by atoms with van der Waals surface area (Å²) in [6.07, 6.45) is 4.84. The molecule has 1 unspecified atom stereocenters. The first-order valence-corrected chi connectivity index (χ1v) is 8.01. The normalized spacial score (nSPS) is 36.7. The molecule has 2 aromatic carbocycles. The van der Waals surface area contributed by atoms with Gasteiger partial charge in [0.05, 0.1) is 12.2 Å². The highest BCUT2D eigenvalue weighted by atomic mass is 16.6. The summed E-state index contributed by atoms with van der Waals surface area (Å²) in [6.45, 7) is 3.42. The summed E-state index contributed by atoms with van der Waals surface area (Å²) in [7, 11) is 0. The third-order valence-electron chi connectivity index (χ3n) is 6.56. The van der Waals surface area contributed by atoms with E-state index in [2.05, 4.69) is 25.1 Å². The van der Waals surface area contributed by atoms with E-state index in [0.717, 1.165) is 18.4 Å². The van der Waals surface area contributed by atoms with Crippen molar-refractivity contribution in [3.05, 3.63) is 41.5 Å². The van der Waals surface area contributed by atoms with E-state index in [0.29, 0.717) is 17.1 Å². The van der Waals surface area contributed by atoms with Crippen LogP contribution in [-0.4, -0.2) is 17.3 Å². The zero-order valence-corrected chi connectivity index (χ0v) is 12.4. The van der Waals surface area contributed by atoms with Gasteiger partial charge in [0.25, 0.3) is 0 Å². The second-order valence-corrected chi connectivity index (χ2v) is 7.33. The molecule has 3 aliphatic rings. The molecule has 1 saturated carbocycles. The van der Waals surface area contributed by atoms with Crippen LogP contribution in [0.4, 0.5) is 0 Å². The lowest BCUT2D eigenvalue weighted by Gasteiger charge is -2.41. The maximum atomic E-state index is 9.69. The molecule has 0 amide bonds. The summed E-state index contributed by atoms with van der Waals surface area (Å²) in [4.78, 5) is 0. The zero-order chi connectivity index (χ0) is 14.2. The van der Waals surface area contributed by atoms with E-state index in [4.69, 9.17) is 4.74 Å². The van der Waals surface area contributed by atoms with Crippen molar-refractivity contribution in [3.63, 3.8) is 0 Å². The van der Waals surface area contributed by atoms with E-state index in [9.17, 15) is 5.11 Å². The van der Waals surface area contributed by atoms with Crippen molar-refractivity contribution in [1.29, 1.82) is 0 Å². The standard InChI is InChI=1S/C19H20O2/c1-18-8-6-15-14-5-3-13(20)10-12(14)2-4-16(15)17(18)7-9-19(18)11-21-19/h2-5,10,17,20H,6-9,11H2,1H3/t17-,18+,19?/m1/s1. The number of hydrogen-bond donors (Lipinski definition) is 1. The third kappa shape index (κ3) is 1.37. The summed E-state index contributed by atoms with van der Waals surface area (Å²) in [5.74, 6) is 0.997. The number of aromatic hydroxyl groups is 1. The predicted octanol–water partition coefficient (Wildman–Crippen LogP) is 4.14. The van der Waals surface area contributed by atoms with Gasteiger partial charge in [0.2, 0.25) is 0 Å². The van der Waals surface area contributed by atoms with Crippen molar-refractivity contribution in [3.8, 4) is 5.75 Å². The highest BCUT2D eigenvalue weighted by molar-refractivity contribution is 5.88. The van der Waals surface area contributed by atoms with E-state index in [-0.39, 0.29) is 5.60 Å². The van der Waals surface area contributed by atoms with E-state index in [1.165, 1.54) is 35.8 Å². The maximum Gasteiger partial charge on any atom is 0.116 e. The molecule has 0 aromatic heterocycles. The van der Waals surface area contributed by atoms with E-state index < -0.39 is 0 Å². The Balaban J connectivity index is 1.72. The number of benzene rings is 2. The van der Waals surface area contributed by atoms with Gasteiger partial charge >= 0.3 is 0 Å². The Labute approximate surface area is 124 Å². The van der Waals surface area contributed by atoms with Crippen molar-refractivity contribution < 1.29 is 9.84 Å². The van der Waals surface area contributed by atoms with Crippen LogP contribution in [0.5, 0.6) is 5.75 Å². The molecular formula is C19H20O2. The van der Waals surface area contributed by atoms with Crippen LogP contribution in [0.15, 0.2) is 30.3 Å². The molecule has 2 aromatic rings. The first-order chi connectivity index (χ1) is 10.1. The minimum atomic E-state index is 0.194. The second kappa shape index (κ2) is 3.61. The third-order valence-corrected chi connectivity index (χ3v) is 6.56. The molecule has 1 saturated heterocycles. The van der Waals surface area contributed by atoms with Gasteiger partial charge in [-0.05, 0) is 65.6 Å². The number of hydrogen-bond acceptors (Lipinski definition) is 2. The number of rotatable bonds is 0. The lowest BCUT2D eigenvalue weighted by molar-refractivity contribution is 0.120.